The molecule has 5 heteroatoms. The number of nitrogens with zero attached hydrogens (tertiary/aromatic N) is 2. The Morgan fingerprint density at radius 1 is 1.03 bits per heavy atom. The quantitative estimate of drug-likeness (QED) is 0.377. The molecule has 144 valence electrons. The Hall–Kier alpha value is -3.73. The van der Waals surface area contributed by atoms with Gasteiger partial charge in [-0.15, -0.1) is 0 Å². The van der Waals surface area contributed by atoms with E-state index in [1.54, 1.807) is 14.0 Å². The van der Waals surface area contributed by atoms with E-state index in [0.717, 1.165) is 22.1 Å². The number of anilines is 1. The molecule has 0 saturated carbocycles. The van der Waals surface area contributed by atoms with Crippen LogP contribution >= 0.6 is 0 Å². The maximum Gasteiger partial charge on any atom is 0.340 e. The predicted molar refractivity (Wildman–Crippen MR) is 116 cm³/mol. The minimum absolute atomic E-state index is 0.154. The highest BCUT2D eigenvalue weighted by atomic mass is 16.5. The van der Waals surface area contributed by atoms with Gasteiger partial charge >= 0.3 is 5.97 Å². The van der Waals surface area contributed by atoms with Gasteiger partial charge in [0.25, 0.3) is 5.91 Å². The summed E-state index contributed by atoms with van der Waals surface area (Å²) >= 11 is 0. The highest BCUT2D eigenvalue weighted by Gasteiger charge is 2.34. The zero-order chi connectivity index (χ0) is 20.4. The SMILES string of the molecule is CCOC(=O)/C(C=Nc1cccc2ccccc12)=C1/C(=O)N(C)c2ccccc21. The van der Waals surface area contributed by atoms with E-state index in [1.807, 2.05) is 66.7 Å². The Morgan fingerprint density at radius 2 is 1.76 bits per heavy atom. The first-order valence-corrected chi connectivity index (χ1v) is 9.42. The summed E-state index contributed by atoms with van der Waals surface area (Å²) in [5, 5.41) is 2.02. The van der Waals surface area contributed by atoms with Gasteiger partial charge in [-0.1, -0.05) is 54.6 Å². The van der Waals surface area contributed by atoms with Crippen LogP contribution < -0.4 is 4.90 Å². The van der Waals surface area contributed by atoms with Gasteiger partial charge in [0.15, 0.2) is 0 Å². The smallest absolute Gasteiger partial charge is 0.340 e. The third-order valence-corrected chi connectivity index (χ3v) is 4.92. The van der Waals surface area contributed by atoms with E-state index in [-0.39, 0.29) is 18.1 Å². The normalized spacial score (nSPS) is 15.1. The Labute approximate surface area is 168 Å². The van der Waals surface area contributed by atoms with Gasteiger partial charge in [-0.05, 0) is 24.4 Å². The molecule has 0 N–H and O–H groups in total. The molecule has 0 unspecified atom stereocenters. The number of rotatable bonds is 4. The first-order chi connectivity index (χ1) is 14.1. The number of carbonyl (C=O) groups is 2. The van der Waals surface area contributed by atoms with Crippen LogP contribution in [0.25, 0.3) is 16.3 Å². The van der Waals surface area contributed by atoms with Crippen molar-refractivity contribution in [1.82, 2.24) is 0 Å². The molecule has 0 spiro atoms. The second-order valence-electron chi connectivity index (χ2n) is 6.65. The molecule has 3 aromatic rings. The number of para-hydroxylation sites is 1. The van der Waals surface area contributed by atoms with Crippen LogP contribution in [-0.4, -0.2) is 31.7 Å². The van der Waals surface area contributed by atoms with Crippen LogP contribution in [-0.2, 0) is 14.3 Å². The zero-order valence-electron chi connectivity index (χ0n) is 16.3. The van der Waals surface area contributed by atoms with Crippen molar-refractivity contribution < 1.29 is 14.3 Å². The van der Waals surface area contributed by atoms with Crippen LogP contribution in [0.5, 0.6) is 0 Å². The first-order valence-electron chi connectivity index (χ1n) is 9.42. The Morgan fingerprint density at radius 3 is 2.59 bits per heavy atom. The molecule has 4 rings (SSSR count). The summed E-state index contributed by atoms with van der Waals surface area (Å²) < 4.78 is 5.23. The van der Waals surface area contributed by atoms with Crippen molar-refractivity contribution in [3.63, 3.8) is 0 Å². The van der Waals surface area contributed by atoms with E-state index in [4.69, 9.17) is 4.74 Å². The predicted octanol–water partition coefficient (Wildman–Crippen LogP) is 4.54. The highest BCUT2D eigenvalue weighted by Crippen LogP contribution is 2.37. The summed E-state index contributed by atoms with van der Waals surface area (Å²) in [6, 6.07) is 21.1. The summed E-state index contributed by atoms with van der Waals surface area (Å²) in [5.74, 6) is -0.816. The fourth-order valence-electron chi connectivity index (χ4n) is 3.51. The third kappa shape index (κ3) is 3.31. The molecule has 1 aliphatic heterocycles. The third-order valence-electron chi connectivity index (χ3n) is 4.92. The number of carbonyl (C=O) groups excluding carboxylic acids is 2. The van der Waals surface area contributed by atoms with Gasteiger partial charge in [0, 0.05) is 24.2 Å². The number of ether oxygens (including phenoxy) is 1. The molecular formula is C24H20N2O3. The molecule has 0 atom stereocenters. The van der Waals surface area contributed by atoms with E-state index >= 15 is 0 Å². The summed E-state index contributed by atoms with van der Waals surface area (Å²) in [7, 11) is 1.69. The molecule has 5 nitrogen and oxygen atoms in total. The number of likely N-dealkylation sites (N-methyl/N-ethyl adjacent to an activating group) is 1. The number of aliphatic imine (C=N–C) groups is 1. The highest BCUT2D eigenvalue weighted by molar-refractivity contribution is 6.39. The minimum atomic E-state index is -0.565. The average Bonchev–Trinajstić information content (AvgIpc) is 3.00. The van der Waals surface area contributed by atoms with Gasteiger partial charge in [-0.3, -0.25) is 9.79 Å². The van der Waals surface area contributed by atoms with Crippen molar-refractivity contribution in [2.75, 3.05) is 18.6 Å². The van der Waals surface area contributed by atoms with Gasteiger partial charge in [0.05, 0.1) is 29.1 Å². The van der Waals surface area contributed by atoms with E-state index in [2.05, 4.69) is 4.99 Å². The lowest BCUT2D eigenvalue weighted by molar-refractivity contribution is -0.137. The molecule has 3 aromatic carbocycles. The summed E-state index contributed by atoms with van der Waals surface area (Å²) in [6.45, 7) is 1.95. The number of hydrogen-bond acceptors (Lipinski definition) is 4. The molecule has 29 heavy (non-hydrogen) atoms. The van der Waals surface area contributed by atoms with Gasteiger partial charge in [-0.25, -0.2) is 4.79 Å². The molecule has 1 amide bonds. The second-order valence-corrected chi connectivity index (χ2v) is 6.65. The van der Waals surface area contributed by atoms with E-state index < -0.39 is 5.97 Å². The van der Waals surface area contributed by atoms with Gasteiger partial charge < -0.3 is 9.64 Å². The number of amides is 1. The largest absolute Gasteiger partial charge is 0.462 e. The van der Waals surface area contributed by atoms with Crippen LogP contribution in [0.1, 0.15) is 12.5 Å². The molecule has 0 saturated heterocycles. The van der Waals surface area contributed by atoms with Crippen molar-refractivity contribution >= 4 is 45.8 Å². The molecule has 0 aliphatic carbocycles. The summed E-state index contributed by atoms with van der Waals surface area (Å²) in [5.41, 5.74) is 2.64. The van der Waals surface area contributed by atoms with Crippen molar-refractivity contribution in [2.45, 2.75) is 6.92 Å². The van der Waals surface area contributed by atoms with Crippen LogP contribution in [0.4, 0.5) is 11.4 Å². The maximum absolute atomic E-state index is 12.9. The second kappa shape index (κ2) is 7.72. The lowest BCUT2D eigenvalue weighted by atomic mass is 10.0. The van der Waals surface area contributed by atoms with Crippen LogP contribution in [0.2, 0.25) is 0 Å². The summed E-state index contributed by atoms with van der Waals surface area (Å²) in [4.78, 5) is 31.8. The van der Waals surface area contributed by atoms with Crippen molar-refractivity contribution in [3.05, 3.63) is 77.9 Å². The number of fused-ring (bicyclic) bond motifs is 2. The topological polar surface area (TPSA) is 59.0 Å². The maximum atomic E-state index is 12.9. The van der Waals surface area contributed by atoms with E-state index in [1.165, 1.54) is 11.1 Å². The van der Waals surface area contributed by atoms with Crippen molar-refractivity contribution in [1.29, 1.82) is 0 Å². The molecule has 1 aliphatic rings. The van der Waals surface area contributed by atoms with E-state index in [0.29, 0.717) is 11.1 Å². The van der Waals surface area contributed by atoms with E-state index in [9.17, 15) is 9.59 Å². The number of benzene rings is 3. The monoisotopic (exact) mass is 384 g/mol. The van der Waals surface area contributed by atoms with Crippen LogP contribution in [0, 0.1) is 0 Å². The Bertz CT molecular complexity index is 1170. The number of hydrogen-bond donors (Lipinski definition) is 0. The van der Waals surface area contributed by atoms with Crippen molar-refractivity contribution in [3.8, 4) is 0 Å². The first kappa shape index (κ1) is 18.6. The molecule has 1 heterocycles. The number of esters is 1. The fourth-order valence-corrected chi connectivity index (χ4v) is 3.51. The zero-order valence-corrected chi connectivity index (χ0v) is 16.3. The molecule has 0 bridgehead atoms. The Balaban J connectivity index is 1.88. The van der Waals surface area contributed by atoms with Crippen LogP contribution in [0.3, 0.4) is 0 Å². The lowest BCUT2D eigenvalue weighted by Gasteiger charge is -2.09. The molecule has 0 radical (unpaired) electrons. The Kier molecular flexibility index (Phi) is 4.96. The van der Waals surface area contributed by atoms with Gasteiger partial charge in [0.1, 0.15) is 0 Å². The molecular weight excluding hydrogens is 364 g/mol. The van der Waals surface area contributed by atoms with Crippen molar-refractivity contribution in [2.24, 2.45) is 4.99 Å². The molecule has 0 fully saturated rings. The lowest BCUT2D eigenvalue weighted by Crippen LogP contribution is -2.22. The average molecular weight is 384 g/mol. The minimum Gasteiger partial charge on any atom is -0.462 e. The van der Waals surface area contributed by atoms with Gasteiger partial charge in [-0.2, -0.15) is 0 Å². The molecule has 0 aromatic heterocycles. The summed E-state index contributed by atoms with van der Waals surface area (Å²) in [6.07, 6.45) is 1.45. The van der Waals surface area contributed by atoms with Gasteiger partial charge in [0.2, 0.25) is 0 Å². The van der Waals surface area contributed by atoms with Crippen LogP contribution in [0.15, 0.2) is 77.3 Å². The standard InChI is InChI=1S/C24H20N2O3/c1-3-29-24(28)19(22-18-12-6-7-14-21(18)26(2)23(22)27)15-25-20-13-8-10-16-9-4-5-11-17(16)20/h4-15H,3H2,1-2H3/b22-19+,25-15?. The fraction of sp³-hybridized carbons (Fsp3) is 0.125.